The van der Waals surface area contributed by atoms with Crippen LogP contribution in [0.4, 0.5) is 0 Å². The van der Waals surface area contributed by atoms with Gasteiger partial charge in [0.05, 0.1) is 5.41 Å². The summed E-state index contributed by atoms with van der Waals surface area (Å²) in [6, 6.07) is 50.7. The average Bonchev–Trinajstić information content (AvgIpc) is 3.46. The van der Waals surface area contributed by atoms with Crippen LogP contribution in [0.3, 0.4) is 0 Å². The topological polar surface area (TPSA) is 0 Å². The Labute approximate surface area is 227 Å². The molecule has 178 valence electrons. The lowest BCUT2D eigenvalue weighted by atomic mass is 9.68. The van der Waals surface area contributed by atoms with Crippen molar-refractivity contribution in [2.24, 2.45) is 0 Å². The van der Waals surface area contributed by atoms with Crippen LogP contribution in [0, 0.1) is 0 Å². The molecule has 1 spiro atoms. The summed E-state index contributed by atoms with van der Waals surface area (Å²) in [6.07, 6.45) is 0. The molecule has 6 aromatic rings. The normalized spacial score (nSPS) is 16.1. The van der Waals surface area contributed by atoms with Crippen molar-refractivity contribution in [1.29, 1.82) is 0 Å². The first-order chi connectivity index (χ1) is 18.8. The number of hydrogen-bond donors (Lipinski definition) is 0. The molecule has 8 rings (SSSR count). The molecule has 1 unspecified atom stereocenters. The van der Waals surface area contributed by atoms with Gasteiger partial charge in [-0.1, -0.05) is 139 Å². The van der Waals surface area contributed by atoms with E-state index in [0.717, 1.165) is 5.02 Å². The molecule has 0 heterocycles. The number of rotatable bonds is 2. The number of fused-ring (bicyclic) bond motifs is 10. The summed E-state index contributed by atoms with van der Waals surface area (Å²) < 4.78 is 0. The van der Waals surface area contributed by atoms with Gasteiger partial charge in [0.25, 0.3) is 0 Å². The van der Waals surface area contributed by atoms with Crippen LogP contribution in [-0.2, 0) is 5.41 Å². The van der Waals surface area contributed by atoms with Crippen molar-refractivity contribution < 1.29 is 0 Å². The van der Waals surface area contributed by atoms with E-state index in [1.54, 1.807) is 0 Å². The molecule has 0 bridgehead atoms. The quantitative estimate of drug-likeness (QED) is 0.220. The van der Waals surface area contributed by atoms with E-state index < -0.39 is 5.41 Å². The van der Waals surface area contributed by atoms with Crippen LogP contribution in [0.1, 0.15) is 22.3 Å². The summed E-state index contributed by atoms with van der Waals surface area (Å²) >= 11 is 6.32. The maximum Gasteiger partial charge on any atom is 0.0731 e. The molecule has 1 atom stereocenters. The Kier molecular flexibility index (Phi) is 4.59. The molecule has 0 saturated heterocycles. The first kappa shape index (κ1) is 21.7. The van der Waals surface area contributed by atoms with Gasteiger partial charge in [0.15, 0.2) is 0 Å². The molecule has 2 aliphatic carbocycles. The Bertz CT molecular complexity index is 1860. The third-order valence-corrected chi connectivity index (χ3v) is 8.62. The van der Waals surface area contributed by atoms with Crippen LogP contribution in [-0.4, -0.2) is 0 Å². The minimum atomic E-state index is -0.404. The van der Waals surface area contributed by atoms with Crippen LogP contribution < -0.4 is 0 Å². The highest BCUT2D eigenvalue weighted by molar-refractivity contribution is 6.30. The van der Waals surface area contributed by atoms with Gasteiger partial charge in [0, 0.05) is 5.02 Å². The third kappa shape index (κ3) is 2.76. The SMILES string of the molecule is Clc1ccc(-c2cccc3c2C2(c4ccccc4-3)c3ccccc3-c3c(-c4ccccc4)cccc32)cc1. The summed E-state index contributed by atoms with van der Waals surface area (Å²) in [4.78, 5) is 0. The minimum absolute atomic E-state index is 0.404. The molecule has 0 radical (unpaired) electrons. The van der Waals surface area contributed by atoms with Crippen molar-refractivity contribution >= 4 is 11.6 Å². The van der Waals surface area contributed by atoms with E-state index in [1.165, 1.54) is 66.8 Å². The third-order valence-electron chi connectivity index (χ3n) is 8.37. The second kappa shape index (κ2) is 8.05. The van der Waals surface area contributed by atoms with Gasteiger partial charge in [-0.3, -0.25) is 0 Å². The smallest absolute Gasteiger partial charge is 0.0731 e. The van der Waals surface area contributed by atoms with E-state index >= 15 is 0 Å². The molecular formula is C37H23Cl. The van der Waals surface area contributed by atoms with Crippen LogP contribution in [0.2, 0.25) is 5.02 Å². The molecule has 0 N–H and O–H groups in total. The first-order valence-electron chi connectivity index (χ1n) is 13.1. The standard InChI is InChI=1S/C37H23Cl/c38-26-22-20-25(21-23-26)28-15-8-16-30-29-12-4-6-17-32(29)37(36(28)30)33-18-7-5-13-31(33)35-27(14-9-19-34(35)37)24-10-2-1-3-11-24/h1-23H. The maximum atomic E-state index is 6.32. The average molecular weight is 503 g/mol. The van der Waals surface area contributed by atoms with E-state index in [4.69, 9.17) is 11.6 Å². The first-order valence-corrected chi connectivity index (χ1v) is 13.4. The highest BCUT2D eigenvalue weighted by Gasteiger charge is 2.53. The van der Waals surface area contributed by atoms with Crippen LogP contribution >= 0.6 is 11.6 Å². The van der Waals surface area contributed by atoms with Crippen LogP contribution in [0.5, 0.6) is 0 Å². The Morgan fingerprint density at radius 2 is 0.895 bits per heavy atom. The zero-order valence-corrected chi connectivity index (χ0v) is 21.4. The van der Waals surface area contributed by atoms with Gasteiger partial charge < -0.3 is 0 Å². The summed E-state index contributed by atoms with van der Waals surface area (Å²) in [5.41, 5.74) is 15.2. The molecule has 0 amide bonds. The number of hydrogen-bond acceptors (Lipinski definition) is 0. The van der Waals surface area contributed by atoms with Gasteiger partial charge in [-0.05, 0) is 78.9 Å². The Morgan fingerprint density at radius 1 is 0.368 bits per heavy atom. The van der Waals surface area contributed by atoms with E-state index in [0.29, 0.717) is 0 Å². The lowest BCUT2D eigenvalue weighted by Gasteiger charge is -2.32. The van der Waals surface area contributed by atoms with Gasteiger partial charge in [-0.15, -0.1) is 0 Å². The maximum absolute atomic E-state index is 6.32. The second-order valence-corrected chi connectivity index (χ2v) is 10.6. The van der Waals surface area contributed by atoms with Crippen LogP contribution in [0.25, 0.3) is 44.5 Å². The number of halogens is 1. The predicted octanol–water partition coefficient (Wildman–Crippen LogP) is 10.0. The van der Waals surface area contributed by atoms with Gasteiger partial charge in [0.2, 0.25) is 0 Å². The summed E-state index contributed by atoms with van der Waals surface area (Å²) in [6.45, 7) is 0. The Balaban J connectivity index is 1.56. The molecule has 0 nitrogen and oxygen atoms in total. The van der Waals surface area contributed by atoms with Crippen molar-refractivity contribution in [1.82, 2.24) is 0 Å². The zero-order valence-electron chi connectivity index (χ0n) is 20.7. The molecule has 0 aromatic heterocycles. The summed E-state index contributed by atoms with van der Waals surface area (Å²) in [7, 11) is 0. The van der Waals surface area contributed by atoms with Crippen LogP contribution in [0.15, 0.2) is 140 Å². The Hall–Kier alpha value is -4.39. The fraction of sp³-hybridized carbons (Fsp3) is 0.0270. The summed E-state index contributed by atoms with van der Waals surface area (Å²) in [5.74, 6) is 0. The highest BCUT2D eigenvalue weighted by atomic mass is 35.5. The van der Waals surface area contributed by atoms with E-state index in [2.05, 4.69) is 127 Å². The van der Waals surface area contributed by atoms with Crippen molar-refractivity contribution in [3.63, 3.8) is 0 Å². The van der Waals surface area contributed by atoms with Crippen molar-refractivity contribution in [3.8, 4) is 44.5 Å². The lowest BCUT2D eigenvalue weighted by Crippen LogP contribution is -2.26. The lowest BCUT2D eigenvalue weighted by molar-refractivity contribution is 0.796. The predicted molar refractivity (Wildman–Crippen MR) is 159 cm³/mol. The highest BCUT2D eigenvalue weighted by Crippen LogP contribution is 2.65. The van der Waals surface area contributed by atoms with Gasteiger partial charge >= 0.3 is 0 Å². The van der Waals surface area contributed by atoms with Gasteiger partial charge in [-0.2, -0.15) is 0 Å². The minimum Gasteiger partial charge on any atom is -0.0843 e. The molecule has 0 aliphatic heterocycles. The van der Waals surface area contributed by atoms with Crippen molar-refractivity contribution in [2.75, 3.05) is 0 Å². The van der Waals surface area contributed by atoms with Crippen molar-refractivity contribution in [3.05, 3.63) is 167 Å². The fourth-order valence-corrected chi connectivity index (χ4v) is 7.10. The second-order valence-electron chi connectivity index (χ2n) is 10.2. The molecular weight excluding hydrogens is 480 g/mol. The number of benzene rings is 6. The molecule has 6 aromatic carbocycles. The molecule has 0 fully saturated rings. The van der Waals surface area contributed by atoms with E-state index in [9.17, 15) is 0 Å². The monoisotopic (exact) mass is 502 g/mol. The summed E-state index contributed by atoms with van der Waals surface area (Å²) in [5, 5.41) is 0.753. The largest absolute Gasteiger partial charge is 0.0843 e. The fourth-order valence-electron chi connectivity index (χ4n) is 6.98. The molecule has 0 saturated carbocycles. The molecule has 38 heavy (non-hydrogen) atoms. The molecule has 1 heteroatoms. The molecule has 2 aliphatic rings. The van der Waals surface area contributed by atoms with E-state index in [1.807, 2.05) is 12.1 Å². The van der Waals surface area contributed by atoms with Crippen molar-refractivity contribution in [2.45, 2.75) is 5.41 Å². The van der Waals surface area contributed by atoms with E-state index in [-0.39, 0.29) is 0 Å². The Morgan fingerprint density at radius 3 is 1.68 bits per heavy atom. The zero-order chi connectivity index (χ0) is 25.3. The van der Waals surface area contributed by atoms with Gasteiger partial charge in [0.1, 0.15) is 0 Å². The van der Waals surface area contributed by atoms with Gasteiger partial charge in [-0.25, -0.2) is 0 Å².